The molecule has 1 atom stereocenters. The fourth-order valence-corrected chi connectivity index (χ4v) is 5.98. The molecule has 1 saturated heterocycles. The highest BCUT2D eigenvalue weighted by atomic mass is 32.2. The van der Waals surface area contributed by atoms with E-state index in [1.54, 1.807) is 12.0 Å². The molecule has 2 aromatic carbocycles. The first-order chi connectivity index (χ1) is 16.3. The number of ether oxygens (including phenoxy) is 1. The second kappa shape index (κ2) is 10.4. The maximum atomic E-state index is 13.3. The lowest BCUT2D eigenvalue weighted by Crippen LogP contribution is -2.51. The van der Waals surface area contributed by atoms with Crippen LogP contribution >= 0.6 is 0 Å². The molecule has 8 heteroatoms. The van der Waals surface area contributed by atoms with Gasteiger partial charge in [-0.25, -0.2) is 8.42 Å². The molecule has 2 fully saturated rings. The summed E-state index contributed by atoms with van der Waals surface area (Å²) in [6.45, 7) is 6.50. The molecule has 2 aromatic rings. The molecule has 1 heterocycles. The molecule has 7 nitrogen and oxygen atoms in total. The summed E-state index contributed by atoms with van der Waals surface area (Å²) < 4.78 is 33.1. The number of aryl methyl sites for hydroxylation is 1. The van der Waals surface area contributed by atoms with Crippen molar-refractivity contribution in [2.75, 3.05) is 43.9 Å². The van der Waals surface area contributed by atoms with Crippen molar-refractivity contribution in [3.05, 3.63) is 59.7 Å². The van der Waals surface area contributed by atoms with Gasteiger partial charge in [0.15, 0.2) is 0 Å². The summed E-state index contributed by atoms with van der Waals surface area (Å²) in [6, 6.07) is 15.8. The quantitative estimate of drug-likeness (QED) is 0.545. The Hall–Kier alpha value is -2.58. The Kier molecular flexibility index (Phi) is 7.48. The lowest BCUT2D eigenvalue weighted by Gasteiger charge is -2.36. The zero-order valence-corrected chi connectivity index (χ0v) is 21.1. The van der Waals surface area contributed by atoms with E-state index in [-0.39, 0.29) is 11.9 Å². The largest absolute Gasteiger partial charge is 0.497 e. The average molecular weight is 486 g/mol. The minimum absolute atomic E-state index is 0.0166. The number of carbonyl (C=O) groups is 1. The van der Waals surface area contributed by atoms with Gasteiger partial charge in [0.05, 0.1) is 7.11 Å². The normalized spacial score (nSPS) is 17.9. The van der Waals surface area contributed by atoms with E-state index in [0.29, 0.717) is 38.6 Å². The number of sulfonamides is 1. The number of piperazine rings is 1. The third-order valence-corrected chi connectivity index (χ3v) is 8.70. The summed E-state index contributed by atoms with van der Waals surface area (Å²) in [7, 11) is -2.07. The molecule has 2 aliphatic rings. The fourth-order valence-electron chi connectivity index (χ4n) is 4.60. The first-order valence-electron chi connectivity index (χ1n) is 12.0. The molecular weight excluding hydrogens is 450 g/mol. The second-order valence-corrected chi connectivity index (χ2v) is 11.4. The summed E-state index contributed by atoms with van der Waals surface area (Å²) in [5, 5.41) is 0. The Morgan fingerprint density at radius 3 is 2.35 bits per heavy atom. The summed E-state index contributed by atoms with van der Waals surface area (Å²) in [4.78, 5) is 17.3. The predicted octanol–water partition coefficient (Wildman–Crippen LogP) is 3.28. The van der Waals surface area contributed by atoms with E-state index in [1.807, 2.05) is 37.3 Å². The van der Waals surface area contributed by atoms with Gasteiger partial charge >= 0.3 is 0 Å². The lowest BCUT2D eigenvalue weighted by molar-refractivity contribution is -0.131. The van der Waals surface area contributed by atoms with Gasteiger partial charge in [-0.2, -0.15) is 4.31 Å². The Labute approximate surface area is 203 Å². The van der Waals surface area contributed by atoms with Gasteiger partial charge in [-0.15, -0.1) is 0 Å². The zero-order chi connectivity index (χ0) is 24.3. The Morgan fingerprint density at radius 1 is 1.09 bits per heavy atom. The van der Waals surface area contributed by atoms with E-state index in [4.69, 9.17) is 4.74 Å². The minimum Gasteiger partial charge on any atom is -0.497 e. The third-order valence-electron chi connectivity index (χ3n) is 6.93. The van der Waals surface area contributed by atoms with Gasteiger partial charge in [0.1, 0.15) is 11.5 Å². The number of carbonyl (C=O) groups excluding carboxylic acids is 1. The number of hydrogen-bond acceptors (Lipinski definition) is 5. The molecule has 1 unspecified atom stereocenters. The summed E-state index contributed by atoms with van der Waals surface area (Å²) in [6.07, 6.45) is 2.17. The number of benzene rings is 2. The van der Waals surface area contributed by atoms with Crippen LogP contribution in [0.3, 0.4) is 0 Å². The van der Waals surface area contributed by atoms with Crippen LogP contribution in [-0.4, -0.2) is 68.6 Å². The van der Waals surface area contributed by atoms with E-state index in [1.165, 1.54) is 9.87 Å². The topological polar surface area (TPSA) is 70.2 Å². The number of nitrogens with zero attached hydrogens (tertiary/aromatic N) is 3. The van der Waals surface area contributed by atoms with E-state index in [9.17, 15) is 13.2 Å². The van der Waals surface area contributed by atoms with Gasteiger partial charge < -0.3 is 14.5 Å². The van der Waals surface area contributed by atoms with Crippen molar-refractivity contribution in [1.82, 2.24) is 9.21 Å². The minimum atomic E-state index is -3.69. The van der Waals surface area contributed by atoms with Gasteiger partial charge in [-0.3, -0.25) is 4.79 Å². The molecule has 0 aromatic heterocycles. The Morgan fingerprint density at radius 2 is 1.76 bits per heavy atom. The van der Waals surface area contributed by atoms with Crippen LogP contribution in [0, 0.1) is 12.8 Å². The van der Waals surface area contributed by atoms with Crippen LogP contribution < -0.4 is 9.64 Å². The van der Waals surface area contributed by atoms with Crippen molar-refractivity contribution in [1.29, 1.82) is 0 Å². The highest BCUT2D eigenvalue weighted by Gasteiger charge is 2.37. The monoisotopic (exact) mass is 485 g/mol. The molecule has 1 aliphatic heterocycles. The highest BCUT2D eigenvalue weighted by Crippen LogP contribution is 2.36. The molecule has 1 saturated carbocycles. The van der Waals surface area contributed by atoms with Gasteiger partial charge in [-0.05, 0) is 68.0 Å². The van der Waals surface area contributed by atoms with Crippen LogP contribution in [0.1, 0.15) is 30.9 Å². The zero-order valence-electron chi connectivity index (χ0n) is 20.3. The van der Waals surface area contributed by atoms with Gasteiger partial charge in [0.2, 0.25) is 15.9 Å². The van der Waals surface area contributed by atoms with Crippen LogP contribution in [0.2, 0.25) is 0 Å². The average Bonchev–Trinajstić information content (AvgIpc) is 3.68. The summed E-state index contributed by atoms with van der Waals surface area (Å²) in [5.41, 5.74) is 3.25. The SMILES string of the molecule is COc1ccc(CN(C(=O)CS(=O)(=O)N2CCN(c3cccc(C)c3)CC2)C(C)C2CC2)cc1. The number of anilines is 1. The Balaban J connectivity index is 1.40. The van der Waals surface area contributed by atoms with Gasteiger partial charge in [-0.1, -0.05) is 24.3 Å². The lowest BCUT2D eigenvalue weighted by atomic mass is 10.1. The molecule has 1 aliphatic carbocycles. The highest BCUT2D eigenvalue weighted by molar-refractivity contribution is 7.89. The number of rotatable bonds is 9. The van der Waals surface area contributed by atoms with Crippen LogP contribution in [-0.2, 0) is 21.4 Å². The smallest absolute Gasteiger partial charge is 0.239 e. The Bertz CT molecular complexity index is 1090. The summed E-state index contributed by atoms with van der Waals surface area (Å²) >= 11 is 0. The summed E-state index contributed by atoms with van der Waals surface area (Å²) in [5.74, 6) is 0.397. The van der Waals surface area contributed by atoms with E-state index >= 15 is 0 Å². The van der Waals surface area contributed by atoms with Crippen molar-refractivity contribution in [3.8, 4) is 5.75 Å². The first-order valence-corrected chi connectivity index (χ1v) is 13.6. The fraction of sp³-hybridized carbons (Fsp3) is 0.500. The predicted molar refractivity (Wildman–Crippen MR) is 134 cm³/mol. The van der Waals surface area contributed by atoms with E-state index in [2.05, 4.69) is 30.0 Å². The van der Waals surface area contributed by atoms with Crippen LogP contribution in [0.25, 0.3) is 0 Å². The van der Waals surface area contributed by atoms with Gasteiger partial charge in [0, 0.05) is 44.5 Å². The van der Waals surface area contributed by atoms with Gasteiger partial charge in [0.25, 0.3) is 0 Å². The molecular formula is C26H35N3O4S. The molecule has 4 rings (SSSR count). The number of hydrogen-bond donors (Lipinski definition) is 0. The molecule has 0 spiro atoms. The number of methoxy groups -OCH3 is 1. The molecule has 0 radical (unpaired) electrons. The van der Waals surface area contributed by atoms with E-state index < -0.39 is 15.8 Å². The van der Waals surface area contributed by atoms with Crippen molar-refractivity contribution in [2.45, 2.75) is 39.3 Å². The van der Waals surface area contributed by atoms with E-state index in [0.717, 1.165) is 29.8 Å². The molecule has 0 bridgehead atoms. The van der Waals surface area contributed by atoms with Crippen molar-refractivity contribution in [2.24, 2.45) is 5.92 Å². The molecule has 34 heavy (non-hydrogen) atoms. The van der Waals surface area contributed by atoms with Crippen LogP contribution in [0.15, 0.2) is 48.5 Å². The standard InChI is InChI=1S/C26H35N3O4S/c1-20-5-4-6-24(17-20)27-13-15-28(16-14-27)34(31,32)19-26(30)29(21(2)23-9-10-23)18-22-7-11-25(33-3)12-8-22/h4-8,11-12,17,21,23H,9-10,13-16,18-19H2,1-3H3. The maximum absolute atomic E-state index is 13.3. The first kappa shape index (κ1) is 24.5. The molecule has 0 N–H and O–H groups in total. The number of amides is 1. The van der Waals surface area contributed by atoms with Crippen LogP contribution in [0.4, 0.5) is 5.69 Å². The molecule has 1 amide bonds. The van der Waals surface area contributed by atoms with Crippen molar-refractivity contribution >= 4 is 21.6 Å². The third kappa shape index (κ3) is 5.91. The van der Waals surface area contributed by atoms with Crippen LogP contribution in [0.5, 0.6) is 5.75 Å². The second-order valence-electron chi connectivity index (χ2n) is 9.43. The maximum Gasteiger partial charge on any atom is 0.239 e. The van der Waals surface area contributed by atoms with Crippen molar-refractivity contribution < 1.29 is 17.9 Å². The molecule has 184 valence electrons. The van der Waals surface area contributed by atoms with Crippen molar-refractivity contribution in [3.63, 3.8) is 0 Å².